The van der Waals surface area contributed by atoms with Crippen LogP contribution in [0.15, 0.2) is 27.4 Å². The highest BCUT2D eigenvalue weighted by molar-refractivity contribution is 7.91. The van der Waals surface area contributed by atoms with Crippen LogP contribution in [0.1, 0.15) is 37.8 Å². The van der Waals surface area contributed by atoms with Gasteiger partial charge in [0.1, 0.15) is 11.3 Å². The van der Waals surface area contributed by atoms with Crippen molar-refractivity contribution >= 4 is 26.7 Å². The minimum Gasteiger partial charge on any atom is -0.491 e. The summed E-state index contributed by atoms with van der Waals surface area (Å²) in [5.74, 6) is 0.523. The van der Waals surface area contributed by atoms with E-state index in [1.807, 2.05) is 26.8 Å². The summed E-state index contributed by atoms with van der Waals surface area (Å²) in [6, 6.07) is 4.71. The summed E-state index contributed by atoms with van der Waals surface area (Å²) in [5.41, 5.74) is 1.67. The van der Waals surface area contributed by atoms with Crippen LogP contribution in [0.25, 0.3) is 11.0 Å². The van der Waals surface area contributed by atoms with E-state index >= 15 is 0 Å². The van der Waals surface area contributed by atoms with Gasteiger partial charge in [-0.1, -0.05) is 0 Å². The van der Waals surface area contributed by atoms with Gasteiger partial charge in [-0.25, -0.2) is 13.2 Å². The summed E-state index contributed by atoms with van der Waals surface area (Å²) in [4.78, 5) is 23.9. The molecule has 2 heterocycles. The van der Waals surface area contributed by atoms with E-state index < -0.39 is 15.5 Å². The molecule has 7 nitrogen and oxygen atoms in total. The van der Waals surface area contributed by atoms with E-state index in [1.54, 1.807) is 6.07 Å². The Kier molecular flexibility index (Phi) is 5.79. The molecule has 1 saturated heterocycles. The first-order valence-corrected chi connectivity index (χ1v) is 11.2. The molecule has 0 bridgehead atoms. The van der Waals surface area contributed by atoms with Crippen LogP contribution >= 0.6 is 0 Å². The van der Waals surface area contributed by atoms with E-state index in [4.69, 9.17) is 9.15 Å². The first-order valence-electron chi connectivity index (χ1n) is 9.37. The Morgan fingerprint density at radius 1 is 1.32 bits per heavy atom. The van der Waals surface area contributed by atoms with E-state index in [0.29, 0.717) is 24.2 Å². The highest BCUT2D eigenvalue weighted by Gasteiger charge is 2.28. The normalized spacial score (nSPS) is 18.5. The third-order valence-electron chi connectivity index (χ3n) is 4.71. The minimum atomic E-state index is -3.03. The molecule has 1 atom stereocenters. The van der Waals surface area contributed by atoms with Crippen LogP contribution < -0.4 is 15.7 Å². The first kappa shape index (κ1) is 20.4. The number of rotatable bonds is 6. The zero-order valence-electron chi connectivity index (χ0n) is 16.3. The lowest BCUT2D eigenvalue weighted by atomic mass is 10.0. The van der Waals surface area contributed by atoms with Gasteiger partial charge in [0.05, 0.1) is 17.6 Å². The molecule has 3 rings (SSSR count). The minimum absolute atomic E-state index is 0.00858. The SMILES string of the molecule is Cc1cc(=O)oc2cc(OC(C)C)c(CCC(=O)N[C@H]3CCS(=O)(=O)C3)cc12. The number of carbonyl (C=O) groups excluding carboxylic acids is 1. The van der Waals surface area contributed by atoms with Crippen LogP contribution in [0, 0.1) is 6.92 Å². The van der Waals surface area contributed by atoms with Gasteiger partial charge >= 0.3 is 5.63 Å². The number of aryl methyl sites for hydroxylation is 2. The fourth-order valence-electron chi connectivity index (χ4n) is 3.41. The fourth-order valence-corrected chi connectivity index (χ4v) is 5.08. The predicted octanol–water partition coefficient (Wildman–Crippen LogP) is 2.12. The van der Waals surface area contributed by atoms with Crippen LogP contribution in [-0.2, 0) is 21.1 Å². The Morgan fingerprint density at radius 3 is 2.71 bits per heavy atom. The molecule has 1 N–H and O–H groups in total. The second-order valence-corrected chi connectivity index (χ2v) is 9.77. The molecular weight excluding hydrogens is 382 g/mol. The lowest BCUT2D eigenvalue weighted by molar-refractivity contribution is -0.121. The number of benzene rings is 1. The summed E-state index contributed by atoms with van der Waals surface area (Å²) in [5, 5.41) is 3.60. The highest BCUT2D eigenvalue weighted by Crippen LogP contribution is 2.29. The molecule has 0 saturated carbocycles. The van der Waals surface area contributed by atoms with Gasteiger partial charge in [-0.2, -0.15) is 0 Å². The molecule has 0 aliphatic carbocycles. The quantitative estimate of drug-likeness (QED) is 0.736. The van der Waals surface area contributed by atoms with Crippen molar-refractivity contribution in [1.29, 1.82) is 0 Å². The van der Waals surface area contributed by atoms with E-state index in [9.17, 15) is 18.0 Å². The molecule has 1 amide bonds. The van der Waals surface area contributed by atoms with Gasteiger partial charge in [0.15, 0.2) is 9.84 Å². The molecule has 1 aliphatic heterocycles. The van der Waals surface area contributed by atoms with Crippen molar-refractivity contribution in [2.24, 2.45) is 0 Å². The van der Waals surface area contributed by atoms with Crippen molar-refractivity contribution in [1.82, 2.24) is 5.32 Å². The van der Waals surface area contributed by atoms with Crippen molar-refractivity contribution in [2.75, 3.05) is 11.5 Å². The lowest BCUT2D eigenvalue weighted by Crippen LogP contribution is -2.35. The van der Waals surface area contributed by atoms with Crippen molar-refractivity contribution in [3.63, 3.8) is 0 Å². The van der Waals surface area contributed by atoms with Gasteiger partial charge in [0.2, 0.25) is 5.91 Å². The Hall–Kier alpha value is -2.35. The average Bonchev–Trinajstić information content (AvgIpc) is 2.91. The topological polar surface area (TPSA) is 103 Å². The number of hydrogen-bond acceptors (Lipinski definition) is 6. The summed E-state index contributed by atoms with van der Waals surface area (Å²) >= 11 is 0. The molecule has 0 radical (unpaired) electrons. The molecule has 8 heteroatoms. The maximum absolute atomic E-state index is 12.3. The number of nitrogens with one attached hydrogen (secondary N) is 1. The van der Waals surface area contributed by atoms with Crippen molar-refractivity contribution in [3.05, 3.63) is 39.7 Å². The van der Waals surface area contributed by atoms with Gasteiger partial charge in [0.25, 0.3) is 0 Å². The van der Waals surface area contributed by atoms with Crippen molar-refractivity contribution in [2.45, 2.75) is 52.2 Å². The van der Waals surface area contributed by atoms with E-state index in [-0.39, 0.29) is 36.0 Å². The van der Waals surface area contributed by atoms with Crippen LogP contribution in [-0.4, -0.2) is 38.0 Å². The van der Waals surface area contributed by atoms with Gasteiger partial charge in [-0.3, -0.25) is 4.79 Å². The van der Waals surface area contributed by atoms with E-state index in [2.05, 4.69) is 5.32 Å². The Labute approximate surface area is 164 Å². The van der Waals surface area contributed by atoms with Gasteiger partial charge in [0, 0.05) is 30.0 Å². The Bertz CT molecular complexity index is 1050. The Balaban J connectivity index is 1.78. The summed E-state index contributed by atoms with van der Waals surface area (Å²) in [6.45, 7) is 5.63. The third-order valence-corrected chi connectivity index (χ3v) is 6.48. The number of hydrogen-bond donors (Lipinski definition) is 1. The predicted molar refractivity (Wildman–Crippen MR) is 107 cm³/mol. The number of ether oxygens (including phenoxy) is 1. The number of amides is 1. The standard InChI is InChI=1S/C20H25NO6S/c1-12(2)26-17-10-18-16(13(3)8-20(23)27-18)9-14(17)4-5-19(22)21-15-6-7-28(24,25)11-15/h8-10,12,15H,4-7,11H2,1-3H3,(H,21,22)/t15-/m0/s1. The number of carbonyl (C=O) groups is 1. The maximum atomic E-state index is 12.3. The molecule has 152 valence electrons. The first-order chi connectivity index (χ1) is 13.1. The molecule has 2 aromatic rings. The molecule has 1 fully saturated rings. The lowest BCUT2D eigenvalue weighted by Gasteiger charge is -2.16. The molecule has 1 aromatic heterocycles. The molecule has 1 aromatic carbocycles. The number of fused-ring (bicyclic) bond motifs is 1. The molecule has 1 aliphatic rings. The highest BCUT2D eigenvalue weighted by atomic mass is 32.2. The summed E-state index contributed by atoms with van der Waals surface area (Å²) in [6.07, 6.45) is 1.03. The Morgan fingerprint density at radius 2 is 2.07 bits per heavy atom. The molecule has 28 heavy (non-hydrogen) atoms. The zero-order valence-corrected chi connectivity index (χ0v) is 17.1. The average molecular weight is 407 g/mol. The summed E-state index contributed by atoms with van der Waals surface area (Å²) < 4.78 is 34.2. The van der Waals surface area contributed by atoms with E-state index in [0.717, 1.165) is 16.5 Å². The van der Waals surface area contributed by atoms with E-state index in [1.165, 1.54) is 6.07 Å². The maximum Gasteiger partial charge on any atom is 0.336 e. The van der Waals surface area contributed by atoms with Crippen LogP contribution in [0.2, 0.25) is 0 Å². The second-order valence-electron chi connectivity index (χ2n) is 7.54. The van der Waals surface area contributed by atoms with Crippen LogP contribution in [0.3, 0.4) is 0 Å². The van der Waals surface area contributed by atoms with Crippen molar-refractivity contribution < 1.29 is 22.4 Å². The van der Waals surface area contributed by atoms with Gasteiger partial charge in [-0.05, 0) is 50.8 Å². The molecular formula is C20H25NO6S. The van der Waals surface area contributed by atoms with Crippen LogP contribution in [0.5, 0.6) is 5.75 Å². The van der Waals surface area contributed by atoms with Crippen LogP contribution in [0.4, 0.5) is 0 Å². The fraction of sp³-hybridized carbons (Fsp3) is 0.500. The molecule has 0 unspecified atom stereocenters. The summed E-state index contributed by atoms with van der Waals surface area (Å²) in [7, 11) is -3.03. The van der Waals surface area contributed by atoms with Crippen molar-refractivity contribution in [3.8, 4) is 5.75 Å². The smallest absolute Gasteiger partial charge is 0.336 e. The van der Waals surface area contributed by atoms with Gasteiger partial charge < -0.3 is 14.5 Å². The third kappa shape index (κ3) is 4.92. The number of sulfone groups is 1. The largest absolute Gasteiger partial charge is 0.491 e. The second kappa shape index (κ2) is 7.95. The van der Waals surface area contributed by atoms with Gasteiger partial charge in [-0.15, -0.1) is 0 Å². The molecule has 0 spiro atoms. The monoisotopic (exact) mass is 407 g/mol. The zero-order chi connectivity index (χ0) is 20.5.